The summed E-state index contributed by atoms with van der Waals surface area (Å²) in [6.07, 6.45) is 4.75. The van der Waals surface area contributed by atoms with Gasteiger partial charge in [-0.1, -0.05) is 13.0 Å². The number of benzene rings is 2. The minimum absolute atomic E-state index is 0.163. The Morgan fingerprint density at radius 1 is 1.08 bits per heavy atom. The third kappa shape index (κ3) is 3.47. The number of carbonyl (C=O) groups is 1. The predicted octanol–water partition coefficient (Wildman–Crippen LogP) is 4.09. The van der Waals surface area contributed by atoms with E-state index in [1.807, 2.05) is 13.0 Å². The number of hydrogen-bond donors (Lipinski definition) is 1. The highest BCUT2D eigenvalue weighted by atomic mass is 16.7. The highest BCUT2D eigenvalue weighted by Gasteiger charge is 2.21. The van der Waals surface area contributed by atoms with Crippen LogP contribution in [0.2, 0.25) is 0 Å². The molecule has 0 fully saturated rings. The van der Waals surface area contributed by atoms with Crippen molar-refractivity contribution < 1.29 is 19.0 Å². The summed E-state index contributed by atoms with van der Waals surface area (Å²) in [4.78, 5) is 12.6. The number of anilines is 1. The Morgan fingerprint density at radius 2 is 1.88 bits per heavy atom. The Balaban J connectivity index is 1.44. The molecule has 0 aromatic heterocycles. The zero-order valence-corrected chi connectivity index (χ0v) is 14.9. The highest BCUT2D eigenvalue weighted by molar-refractivity contribution is 5.94. The maximum atomic E-state index is 12.6. The summed E-state index contributed by atoms with van der Waals surface area (Å²) in [5.74, 6) is 1.94. The zero-order chi connectivity index (χ0) is 17.9. The van der Waals surface area contributed by atoms with Crippen LogP contribution in [0.1, 0.15) is 37.3 Å². The molecule has 0 saturated heterocycles. The van der Waals surface area contributed by atoms with Crippen molar-refractivity contribution in [3.63, 3.8) is 0 Å². The van der Waals surface area contributed by atoms with Crippen LogP contribution >= 0.6 is 0 Å². The summed E-state index contributed by atoms with van der Waals surface area (Å²) < 4.78 is 16.6. The second kappa shape index (κ2) is 7.28. The van der Waals surface area contributed by atoms with Crippen molar-refractivity contribution in [2.45, 2.75) is 45.1 Å². The topological polar surface area (TPSA) is 56.8 Å². The molecule has 1 amide bonds. The monoisotopic (exact) mass is 353 g/mol. The van der Waals surface area contributed by atoms with Gasteiger partial charge in [0.15, 0.2) is 17.6 Å². The van der Waals surface area contributed by atoms with E-state index in [0.29, 0.717) is 23.6 Å². The quantitative estimate of drug-likeness (QED) is 0.880. The summed E-state index contributed by atoms with van der Waals surface area (Å²) in [5, 5.41) is 2.91. The zero-order valence-electron chi connectivity index (χ0n) is 14.9. The van der Waals surface area contributed by atoms with Gasteiger partial charge in [-0.2, -0.15) is 0 Å². The number of aryl methyl sites for hydroxylation is 2. The Kier molecular flexibility index (Phi) is 4.69. The van der Waals surface area contributed by atoms with Crippen LogP contribution in [0.15, 0.2) is 36.4 Å². The van der Waals surface area contributed by atoms with Gasteiger partial charge in [-0.15, -0.1) is 0 Å². The lowest BCUT2D eigenvalue weighted by atomic mass is 9.92. The van der Waals surface area contributed by atoms with E-state index in [-0.39, 0.29) is 12.7 Å². The third-order valence-corrected chi connectivity index (χ3v) is 4.90. The van der Waals surface area contributed by atoms with E-state index < -0.39 is 6.10 Å². The smallest absolute Gasteiger partial charge is 0.265 e. The van der Waals surface area contributed by atoms with Crippen molar-refractivity contribution in [3.8, 4) is 17.2 Å². The lowest BCUT2D eigenvalue weighted by Gasteiger charge is -2.20. The molecule has 2 aromatic rings. The molecule has 1 unspecified atom stereocenters. The van der Waals surface area contributed by atoms with Gasteiger partial charge in [-0.3, -0.25) is 4.79 Å². The van der Waals surface area contributed by atoms with Crippen molar-refractivity contribution >= 4 is 11.6 Å². The lowest BCUT2D eigenvalue weighted by molar-refractivity contribution is -0.122. The van der Waals surface area contributed by atoms with Gasteiger partial charge < -0.3 is 19.5 Å². The summed E-state index contributed by atoms with van der Waals surface area (Å²) in [5.41, 5.74) is 3.42. The molecular formula is C21H23NO4. The maximum absolute atomic E-state index is 12.6. The van der Waals surface area contributed by atoms with Gasteiger partial charge in [0.1, 0.15) is 5.75 Å². The van der Waals surface area contributed by atoms with E-state index >= 15 is 0 Å². The van der Waals surface area contributed by atoms with Gasteiger partial charge >= 0.3 is 0 Å². The van der Waals surface area contributed by atoms with Gasteiger partial charge in [-0.25, -0.2) is 0 Å². The van der Waals surface area contributed by atoms with Crippen molar-refractivity contribution in [2.75, 3.05) is 12.1 Å². The molecule has 1 N–H and O–H groups in total. The predicted molar refractivity (Wildman–Crippen MR) is 99.0 cm³/mol. The molecule has 0 bridgehead atoms. The fourth-order valence-corrected chi connectivity index (χ4v) is 3.47. The molecule has 4 rings (SSSR count). The van der Waals surface area contributed by atoms with E-state index in [1.165, 1.54) is 24.0 Å². The SMILES string of the molecule is CCC(Oc1ccc2c(c1)CCCC2)C(=O)Nc1ccc2c(c1)OCO2. The molecule has 5 nitrogen and oxygen atoms in total. The summed E-state index contributed by atoms with van der Waals surface area (Å²) in [6.45, 7) is 2.16. The van der Waals surface area contributed by atoms with Crippen LogP contribution in [0, 0.1) is 0 Å². The van der Waals surface area contributed by atoms with E-state index in [9.17, 15) is 4.79 Å². The molecule has 136 valence electrons. The number of fused-ring (bicyclic) bond motifs is 2. The number of rotatable bonds is 5. The minimum Gasteiger partial charge on any atom is -0.481 e. The molecule has 2 aliphatic rings. The number of ether oxygens (including phenoxy) is 3. The minimum atomic E-state index is -0.540. The first-order chi connectivity index (χ1) is 12.7. The number of carbonyl (C=O) groups excluding carboxylic acids is 1. The molecule has 26 heavy (non-hydrogen) atoms. The number of amides is 1. The average Bonchev–Trinajstić information content (AvgIpc) is 3.13. The second-order valence-electron chi connectivity index (χ2n) is 6.71. The molecule has 0 spiro atoms. The van der Waals surface area contributed by atoms with E-state index in [1.54, 1.807) is 18.2 Å². The van der Waals surface area contributed by atoms with E-state index in [4.69, 9.17) is 14.2 Å². The van der Waals surface area contributed by atoms with Crippen molar-refractivity contribution in [1.82, 2.24) is 0 Å². The Labute approximate surface area is 153 Å². The maximum Gasteiger partial charge on any atom is 0.265 e. The van der Waals surface area contributed by atoms with Gasteiger partial charge in [-0.05, 0) is 67.5 Å². The van der Waals surface area contributed by atoms with Crippen molar-refractivity contribution in [1.29, 1.82) is 0 Å². The Morgan fingerprint density at radius 3 is 2.73 bits per heavy atom. The largest absolute Gasteiger partial charge is 0.481 e. The first kappa shape index (κ1) is 16.8. The van der Waals surface area contributed by atoms with Crippen molar-refractivity contribution in [2.24, 2.45) is 0 Å². The molecule has 0 radical (unpaired) electrons. The van der Waals surface area contributed by atoms with Crippen LogP contribution in [0.3, 0.4) is 0 Å². The summed E-state index contributed by atoms with van der Waals surface area (Å²) >= 11 is 0. The fourth-order valence-electron chi connectivity index (χ4n) is 3.47. The third-order valence-electron chi connectivity index (χ3n) is 4.90. The lowest BCUT2D eigenvalue weighted by Crippen LogP contribution is -2.32. The van der Waals surface area contributed by atoms with Gasteiger partial charge in [0.05, 0.1) is 0 Å². The van der Waals surface area contributed by atoms with Crippen LogP contribution in [0.5, 0.6) is 17.2 Å². The van der Waals surface area contributed by atoms with E-state index in [2.05, 4.69) is 17.4 Å². The molecule has 2 aromatic carbocycles. The van der Waals surface area contributed by atoms with Crippen LogP contribution in [-0.2, 0) is 17.6 Å². The standard InChI is InChI=1S/C21H23NO4/c1-2-18(26-17-9-7-14-5-3-4-6-15(14)11-17)21(23)22-16-8-10-19-20(12-16)25-13-24-19/h7-12,18H,2-6,13H2,1H3,(H,22,23). The second-order valence-corrected chi connectivity index (χ2v) is 6.71. The van der Waals surface area contributed by atoms with Gasteiger partial charge in [0.2, 0.25) is 6.79 Å². The fraction of sp³-hybridized carbons (Fsp3) is 0.381. The summed E-state index contributed by atoms with van der Waals surface area (Å²) in [7, 11) is 0. The Hall–Kier alpha value is -2.69. The molecule has 0 saturated carbocycles. The average molecular weight is 353 g/mol. The molecule has 1 heterocycles. The first-order valence-electron chi connectivity index (χ1n) is 9.22. The molecule has 1 aliphatic carbocycles. The normalized spacial score (nSPS) is 15.9. The van der Waals surface area contributed by atoms with Gasteiger partial charge in [0.25, 0.3) is 5.91 Å². The molecule has 1 aliphatic heterocycles. The number of nitrogens with one attached hydrogen (secondary N) is 1. The molecule has 1 atom stereocenters. The number of hydrogen-bond acceptors (Lipinski definition) is 4. The molecule has 5 heteroatoms. The molecular weight excluding hydrogens is 330 g/mol. The van der Waals surface area contributed by atoms with E-state index in [0.717, 1.165) is 18.6 Å². The van der Waals surface area contributed by atoms with Crippen LogP contribution < -0.4 is 19.5 Å². The van der Waals surface area contributed by atoms with Crippen molar-refractivity contribution in [3.05, 3.63) is 47.5 Å². The summed E-state index contributed by atoms with van der Waals surface area (Å²) in [6, 6.07) is 11.6. The highest BCUT2D eigenvalue weighted by Crippen LogP contribution is 2.34. The Bertz CT molecular complexity index is 818. The van der Waals surface area contributed by atoms with Gasteiger partial charge in [0, 0.05) is 11.8 Å². The first-order valence-corrected chi connectivity index (χ1v) is 9.22. The van der Waals surface area contributed by atoms with Crippen LogP contribution in [-0.4, -0.2) is 18.8 Å². The van der Waals surface area contributed by atoms with Crippen LogP contribution in [0.25, 0.3) is 0 Å². The van der Waals surface area contributed by atoms with Crippen LogP contribution in [0.4, 0.5) is 5.69 Å².